The molecule has 2 aromatic carbocycles. The lowest BCUT2D eigenvalue weighted by Crippen LogP contribution is -2.11. The maximum Gasteiger partial charge on any atom is 0.163 e. The molecule has 0 amide bonds. The van der Waals surface area contributed by atoms with Crippen LogP contribution in [0.2, 0.25) is 0 Å². The number of rotatable bonds is 2. The molecule has 0 atom stereocenters. The molecule has 24 heavy (non-hydrogen) atoms. The highest BCUT2D eigenvalue weighted by atomic mass is 14.7. The van der Waals surface area contributed by atoms with Crippen LogP contribution in [0, 0.1) is 19.3 Å². The van der Waals surface area contributed by atoms with E-state index in [1.165, 1.54) is 33.0 Å². The Bertz CT molecular complexity index is 883. The highest BCUT2D eigenvalue weighted by Crippen LogP contribution is 2.29. The first kappa shape index (κ1) is 16.8. The van der Waals surface area contributed by atoms with Crippen molar-refractivity contribution in [2.45, 2.75) is 41.0 Å². The highest BCUT2D eigenvalue weighted by Gasteiger charge is 2.13. The van der Waals surface area contributed by atoms with Crippen LogP contribution in [0.1, 0.15) is 37.5 Å². The Morgan fingerprint density at radius 2 is 1.58 bits per heavy atom. The topological polar surface area (TPSA) is 12.9 Å². The molecule has 0 saturated carbocycles. The quantitative estimate of drug-likeness (QED) is 0.640. The van der Waals surface area contributed by atoms with E-state index >= 15 is 0 Å². The fraction of sp³-hybridized carbons (Fsp3) is 0.318. The van der Waals surface area contributed by atoms with Gasteiger partial charge >= 0.3 is 0 Å². The van der Waals surface area contributed by atoms with Gasteiger partial charge in [0.2, 0.25) is 0 Å². The maximum absolute atomic E-state index is 4.86. The largest absolute Gasteiger partial charge is 0.263 e. The van der Waals surface area contributed by atoms with E-state index in [-0.39, 0.29) is 0 Å². The monoisotopic (exact) mass is 315 g/mol. The predicted molar refractivity (Wildman–Crippen MR) is 108 cm³/mol. The summed E-state index contributed by atoms with van der Waals surface area (Å²) in [5.74, 6) is 0. The smallest absolute Gasteiger partial charge is 0.163 e. The van der Waals surface area contributed by atoms with Gasteiger partial charge in [0.1, 0.15) is 0 Å². The standard InChI is InChI=1S/C22H26BN/c1-14-8-15(2)10-18(9-14)21-19-7-6-16(13-22(3,4)5)11-17(19)12-20(23)24-21/h6-12H,13,23H2,1-5H3. The molecule has 0 aliphatic rings. The van der Waals surface area contributed by atoms with Gasteiger partial charge in [-0.1, -0.05) is 56.2 Å². The zero-order valence-corrected chi connectivity index (χ0v) is 15.7. The molecule has 0 fully saturated rings. The van der Waals surface area contributed by atoms with Gasteiger partial charge in [0, 0.05) is 10.9 Å². The molecule has 0 saturated heterocycles. The molecule has 0 aliphatic heterocycles. The molecule has 122 valence electrons. The fourth-order valence-electron chi connectivity index (χ4n) is 3.49. The molecule has 0 N–H and O–H groups in total. The van der Waals surface area contributed by atoms with Gasteiger partial charge in [0.05, 0.1) is 5.69 Å². The van der Waals surface area contributed by atoms with E-state index in [4.69, 9.17) is 4.98 Å². The van der Waals surface area contributed by atoms with Gasteiger partial charge in [-0.25, -0.2) is 0 Å². The second-order valence-electron chi connectivity index (χ2n) is 8.28. The molecule has 0 bridgehead atoms. The third-order valence-corrected chi connectivity index (χ3v) is 4.25. The van der Waals surface area contributed by atoms with Crippen LogP contribution in [-0.4, -0.2) is 12.8 Å². The van der Waals surface area contributed by atoms with Gasteiger partial charge in [-0.05, 0) is 60.4 Å². The second-order valence-corrected chi connectivity index (χ2v) is 8.28. The third kappa shape index (κ3) is 3.69. The van der Waals surface area contributed by atoms with Crippen LogP contribution < -0.4 is 5.59 Å². The van der Waals surface area contributed by atoms with E-state index < -0.39 is 0 Å². The number of benzene rings is 2. The van der Waals surface area contributed by atoms with Crippen LogP contribution >= 0.6 is 0 Å². The number of aryl methyl sites for hydroxylation is 2. The Morgan fingerprint density at radius 3 is 2.21 bits per heavy atom. The molecular formula is C22H26BN. The first-order chi connectivity index (χ1) is 11.2. The molecule has 3 rings (SSSR count). The predicted octanol–water partition coefficient (Wildman–Crippen LogP) is 4.37. The van der Waals surface area contributed by atoms with Crippen molar-refractivity contribution in [3.8, 4) is 11.3 Å². The Balaban J connectivity index is 2.18. The van der Waals surface area contributed by atoms with E-state index in [0.29, 0.717) is 5.41 Å². The van der Waals surface area contributed by atoms with Crippen molar-refractivity contribution < 1.29 is 0 Å². The average Bonchev–Trinajstić information content (AvgIpc) is 2.43. The fourth-order valence-corrected chi connectivity index (χ4v) is 3.49. The zero-order chi connectivity index (χ0) is 17.5. The van der Waals surface area contributed by atoms with Gasteiger partial charge in [0.25, 0.3) is 0 Å². The van der Waals surface area contributed by atoms with Crippen LogP contribution in [0.25, 0.3) is 22.0 Å². The normalized spacial score (nSPS) is 11.9. The van der Waals surface area contributed by atoms with Crippen molar-refractivity contribution in [1.82, 2.24) is 4.98 Å². The first-order valence-corrected chi connectivity index (χ1v) is 8.70. The Morgan fingerprint density at radius 1 is 0.917 bits per heavy atom. The summed E-state index contributed by atoms with van der Waals surface area (Å²) in [4.78, 5) is 4.86. The van der Waals surface area contributed by atoms with Gasteiger partial charge in [-0.3, -0.25) is 4.98 Å². The summed E-state index contributed by atoms with van der Waals surface area (Å²) in [5.41, 5.74) is 7.64. The number of hydrogen-bond donors (Lipinski definition) is 0. The molecule has 0 unspecified atom stereocenters. The van der Waals surface area contributed by atoms with Crippen molar-refractivity contribution in [3.05, 3.63) is 59.2 Å². The van der Waals surface area contributed by atoms with Crippen molar-refractivity contribution in [3.63, 3.8) is 0 Å². The SMILES string of the molecule is Bc1cc2cc(CC(C)(C)C)ccc2c(-c2cc(C)cc(C)c2)n1. The van der Waals surface area contributed by atoms with Crippen LogP contribution in [0.5, 0.6) is 0 Å². The number of fused-ring (bicyclic) bond motifs is 1. The van der Waals surface area contributed by atoms with Crippen molar-refractivity contribution >= 4 is 24.2 Å². The van der Waals surface area contributed by atoms with Gasteiger partial charge in [-0.2, -0.15) is 0 Å². The summed E-state index contributed by atoms with van der Waals surface area (Å²) in [6.45, 7) is 11.2. The van der Waals surface area contributed by atoms with Crippen LogP contribution in [0.3, 0.4) is 0 Å². The minimum atomic E-state index is 0.298. The molecule has 3 aromatic rings. The van der Waals surface area contributed by atoms with Gasteiger partial charge in [0.15, 0.2) is 7.85 Å². The number of aromatic nitrogens is 1. The molecule has 1 nitrogen and oxygen atoms in total. The zero-order valence-electron chi connectivity index (χ0n) is 15.7. The van der Waals surface area contributed by atoms with Crippen molar-refractivity contribution in [2.75, 3.05) is 0 Å². The summed E-state index contributed by atoms with van der Waals surface area (Å²) >= 11 is 0. The van der Waals surface area contributed by atoms with E-state index in [1.54, 1.807) is 0 Å². The third-order valence-electron chi connectivity index (χ3n) is 4.25. The minimum absolute atomic E-state index is 0.298. The molecule has 0 radical (unpaired) electrons. The van der Waals surface area contributed by atoms with Crippen molar-refractivity contribution in [2.24, 2.45) is 5.41 Å². The summed E-state index contributed by atoms with van der Waals surface area (Å²) in [6.07, 6.45) is 1.09. The van der Waals surface area contributed by atoms with E-state index in [2.05, 4.69) is 84.9 Å². The van der Waals surface area contributed by atoms with E-state index in [0.717, 1.165) is 17.7 Å². The number of pyridine rings is 1. The lowest BCUT2D eigenvalue weighted by atomic mass is 9.87. The molecule has 0 aliphatic carbocycles. The number of hydrogen-bond acceptors (Lipinski definition) is 1. The Labute approximate surface area is 146 Å². The summed E-state index contributed by atoms with van der Waals surface area (Å²) in [6, 6.07) is 15.7. The summed E-state index contributed by atoms with van der Waals surface area (Å²) in [5, 5.41) is 2.53. The van der Waals surface area contributed by atoms with Gasteiger partial charge < -0.3 is 0 Å². The van der Waals surface area contributed by atoms with E-state index in [9.17, 15) is 0 Å². The van der Waals surface area contributed by atoms with Gasteiger partial charge in [-0.15, -0.1) is 0 Å². The Hall–Kier alpha value is -2.09. The average molecular weight is 315 g/mol. The summed E-state index contributed by atoms with van der Waals surface area (Å²) < 4.78 is 0. The lowest BCUT2D eigenvalue weighted by Gasteiger charge is -2.19. The van der Waals surface area contributed by atoms with Crippen LogP contribution in [0.4, 0.5) is 0 Å². The molecule has 1 heterocycles. The van der Waals surface area contributed by atoms with Crippen LogP contribution in [0.15, 0.2) is 42.5 Å². The molecular weight excluding hydrogens is 289 g/mol. The lowest BCUT2D eigenvalue weighted by molar-refractivity contribution is 0.411. The minimum Gasteiger partial charge on any atom is -0.263 e. The molecule has 0 spiro atoms. The number of nitrogens with zero attached hydrogens (tertiary/aromatic N) is 1. The van der Waals surface area contributed by atoms with E-state index in [1.807, 2.05) is 0 Å². The molecule has 2 heteroatoms. The maximum atomic E-state index is 4.86. The highest BCUT2D eigenvalue weighted by molar-refractivity contribution is 6.32. The summed E-state index contributed by atoms with van der Waals surface area (Å²) in [7, 11) is 2.09. The molecule has 1 aromatic heterocycles. The van der Waals surface area contributed by atoms with Crippen molar-refractivity contribution in [1.29, 1.82) is 0 Å². The van der Waals surface area contributed by atoms with Crippen LogP contribution in [-0.2, 0) is 6.42 Å². The second kappa shape index (κ2) is 6.09. The first-order valence-electron chi connectivity index (χ1n) is 8.70. The Kier molecular flexibility index (Phi) is 4.25.